The second-order valence-corrected chi connectivity index (χ2v) is 5.97. The molecule has 0 radical (unpaired) electrons. The number of rotatable bonds is 4. The van der Waals surface area contributed by atoms with Gasteiger partial charge in [-0.3, -0.25) is 0 Å². The topological polar surface area (TPSA) is 51.8 Å². The molecule has 1 saturated carbocycles. The second-order valence-electron chi connectivity index (χ2n) is 4.98. The van der Waals surface area contributed by atoms with Gasteiger partial charge in [-0.2, -0.15) is 0 Å². The number of hydrogen-bond acceptors (Lipinski definition) is 4. The van der Waals surface area contributed by atoms with E-state index < -0.39 is 0 Å². The van der Waals surface area contributed by atoms with Crippen molar-refractivity contribution in [1.29, 1.82) is 0 Å². The third-order valence-electron chi connectivity index (χ3n) is 3.32. The minimum atomic E-state index is 0.543. The third-order valence-corrected chi connectivity index (χ3v) is 4.28. The number of thioether (sulfide) groups is 1. The first-order valence-electron chi connectivity index (χ1n) is 6.54. The molecule has 3 nitrogen and oxygen atoms in total. The van der Waals surface area contributed by atoms with E-state index in [4.69, 9.17) is 5.73 Å². The lowest BCUT2D eigenvalue weighted by Gasteiger charge is -2.07. The number of hydrogen-bond donors (Lipinski definition) is 1. The average Bonchev–Trinajstić information content (AvgIpc) is 3.21. The van der Waals surface area contributed by atoms with Crippen LogP contribution in [0.25, 0.3) is 0 Å². The van der Waals surface area contributed by atoms with Gasteiger partial charge in [0.05, 0.1) is 0 Å². The summed E-state index contributed by atoms with van der Waals surface area (Å²) in [4.78, 5) is 8.93. The molecule has 1 aliphatic rings. The van der Waals surface area contributed by atoms with Gasteiger partial charge in [0.1, 0.15) is 16.7 Å². The van der Waals surface area contributed by atoms with Crippen molar-refractivity contribution in [2.45, 2.75) is 36.5 Å². The highest BCUT2D eigenvalue weighted by Gasteiger charge is 2.27. The largest absolute Gasteiger partial charge is 0.384 e. The van der Waals surface area contributed by atoms with E-state index in [9.17, 15) is 0 Å². The van der Waals surface area contributed by atoms with E-state index in [1.807, 2.05) is 6.07 Å². The first-order valence-corrected chi connectivity index (χ1v) is 7.52. The molecule has 19 heavy (non-hydrogen) atoms. The summed E-state index contributed by atoms with van der Waals surface area (Å²) in [5.74, 6) is 2.98. The van der Waals surface area contributed by atoms with Crippen molar-refractivity contribution in [2.75, 3.05) is 5.73 Å². The number of anilines is 1. The summed E-state index contributed by atoms with van der Waals surface area (Å²) in [5.41, 5.74) is 8.52. The normalized spacial score (nSPS) is 14.6. The van der Waals surface area contributed by atoms with Gasteiger partial charge in [-0.25, -0.2) is 9.97 Å². The molecule has 0 saturated heterocycles. The van der Waals surface area contributed by atoms with Crippen molar-refractivity contribution < 1.29 is 0 Å². The zero-order valence-electron chi connectivity index (χ0n) is 11.0. The summed E-state index contributed by atoms with van der Waals surface area (Å²) in [6.07, 6.45) is 2.40. The highest BCUT2D eigenvalue weighted by molar-refractivity contribution is 7.98. The highest BCUT2D eigenvalue weighted by Crippen LogP contribution is 2.39. The van der Waals surface area contributed by atoms with Crippen molar-refractivity contribution in [3.05, 3.63) is 47.3 Å². The van der Waals surface area contributed by atoms with E-state index in [-0.39, 0.29) is 0 Å². The van der Waals surface area contributed by atoms with Gasteiger partial charge in [0.15, 0.2) is 0 Å². The summed E-state index contributed by atoms with van der Waals surface area (Å²) < 4.78 is 0. The Morgan fingerprint density at radius 1 is 1.26 bits per heavy atom. The van der Waals surface area contributed by atoms with Crippen LogP contribution in [-0.2, 0) is 5.75 Å². The molecule has 1 fully saturated rings. The Morgan fingerprint density at radius 2 is 2.05 bits per heavy atom. The zero-order chi connectivity index (χ0) is 13.2. The van der Waals surface area contributed by atoms with E-state index in [0.717, 1.165) is 16.6 Å². The number of nitrogen functional groups attached to an aromatic ring is 1. The van der Waals surface area contributed by atoms with Crippen molar-refractivity contribution in [1.82, 2.24) is 9.97 Å². The third kappa shape index (κ3) is 3.07. The number of benzene rings is 1. The summed E-state index contributed by atoms with van der Waals surface area (Å²) in [6, 6.07) is 10.3. The number of aryl methyl sites for hydroxylation is 1. The molecule has 0 amide bonds. The lowest BCUT2D eigenvalue weighted by Crippen LogP contribution is -1.99. The van der Waals surface area contributed by atoms with Crippen molar-refractivity contribution in [3.63, 3.8) is 0 Å². The van der Waals surface area contributed by atoms with Crippen molar-refractivity contribution in [2.24, 2.45) is 0 Å². The van der Waals surface area contributed by atoms with Gasteiger partial charge in [0, 0.05) is 17.7 Å². The fourth-order valence-electron chi connectivity index (χ4n) is 1.98. The average molecular weight is 271 g/mol. The fourth-order valence-corrected chi connectivity index (χ4v) is 2.97. The van der Waals surface area contributed by atoms with Crippen molar-refractivity contribution in [3.8, 4) is 0 Å². The second kappa shape index (κ2) is 5.21. The van der Waals surface area contributed by atoms with Crippen LogP contribution in [0.1, 0.15) is 35.7 Å². The van der Waals surface area contributed by atoms with E-state index >= 15 is 0 Å². The summed E-state index contributed by atoms with van der Waals surface area (Å²) in [6.45, 7) is 2.14. The molecule has 1 aliphatic carbocycles. The lowest BCUT2D eigenvalue weighted by molar-refractivity contribution is 0.883. The molecule has 1 aromatic carbocycles. The Morgan fingerprint density at radius 3 is 2.79 bits per heavy atom. The Kier molecular flexibility index (Phi) is 3.42. The molecule has 0 bridgehead atoms. The van der Waals surface area contributed by atoms with Crippen LogP contribution in [0.15, 0.2) is 35.4 Å². The van der Waals surface area contributed by atoms with Crippen LogP contribution < -0.4 is 5.73 Å². The first-order chi connectivity index (χ1) is 9.22. The SMILES string of the molecule is Cc1ccccc1CSc1cc(N)nc(C2CC2)n1. The molecule has 2 N–H and O–H groups in total. The molecule has 3 rings (SSSR count). The van der Waals surface area contributed by atoms with Gasteiger partial charge in [-0.1, -0.05) is 24.3 Å². The van der Waals surface area contributed by atoms with Crippen LogP contribution >= 0.6 is 11.8 Å². The van der Waals surface area contributed by atoms with E-state index in [1.54, 1.807) is 11.8 Å². The molecule has 2 aromatic rings. The maximum Gasteiger partial charge on any atom is 0.135 e. The highest BCUT2D eigenvalue weighted by atomic mass is 32.2. The standard InChI is InChI=1S/C15H17N3S/c1-10-4-2-3-5-12(10)9-19-14-8-13(16)17-15(18-14)11-6-7-11/h2-5,8,11H,6-7,9H2,1H3,(H2,16,17,18). The summed E-state index contributed by atoms with van der Waals surface area (Å²) in [7, 11) is 0. The van der Waals surface area contributed by atoms with Crippen LogP contribution in [0.3, 0.4) is 0 Å². The van der Waals surface area contributed by atoms with Crippen LogP contribution in [-0.4, -0.2) is 9.97 Å². The van der Waals surface area contributed by atoms with Gasteiger partial charge in [0.2, 0.25) is 0 Å². The summed E-state index contributed by atoms with van der Waals surface area (Å²) >= 11 is 1.73. The Labute approximate surface area is 117 Å². The van der Waals surface area contributed by atoms with Crippen molar-refractivity contribution >= 4 is 17.6 Å². The van der Waals surface area contributed by atoms with E-state index in [1.165, 1.54) is 24.0 Å². The molecule has 1 heterocycles. The molecule has 0 spiro atoms. The maximum atomic E-state index is 5.86. The summed E-state index contributed by atoms with van der Waals surface area (Å²) in [5, 5.41) is 0.984. The minimum absolute atomic E-state index is 0.543. The molecule has 0 atom stereocenters. The Balaban J connectivity index is 1.74. The van der Waals surface area contributed by atoms with Gasteiger partial charge in [-0.15, -0.1) is 11.8 Å². The Bertz CT molecular complexity index is 594. The lowest BCUT2D eigenvalue weighted by atomic mass is 10.1. The predicted molar refractivity (Wildman–Crippen MR) is 79.2 cm³/mol. The van der Waals surface area contributed by atoms with Crippen LogP contribution in [0.4, 0.5) is 5.82 Å². The molecule has 0 unspecified atom stereocenters. The van der Waals surface area contributed by atoms with Gasteiger partial charge in [-0.05, 0) is 30.9 Å². The number of nitrogens with zero attached hydrogens (tertiary/aromatic N) is 2. The molecule has 0 aliphatic heterocycles. The molecule has 98 valence electrons. The number of aromatic nitrogens is 2. The van der Waals surface area contributed by atoms with Gasteiger partial charge in [0.25, 0.3) is 0 Å². The molecule has 4 heteroatoms. The quantitative estimate of drug-likeness (QED) is 0.682. The van der Waals surface area contributed by atoms with E-state index in [2.05, 4.69) is 41.2 Å². The smallest absolute Gasteiger partial charge is 0.135 e. The molecule has 1 aromatic heterocycles. The zero-order valence-corrected chi connectivity index (χ0v) is 11.8. The fraction of sp³-hybridized carbons (Fsp3) is 0.333. The van der Waals surface area contributed by atoms with Crippen LogP contribution in [0, 0.1) is 6.92 Å². The minimum Gasteiger partial charge on any atom is -0.384 e. The number of nitrogens with two attached hydrogens (primary N) is 1. The van der Waals surface area contributed by atoms with E-state index in [0.29, 0.717) is 11.7 Å². The maximum absolute atomic E-state index is 5.86. The first kappa shape index (κ1) is 12.5. The van der Waals surface area contributed by atoms with Crippen LogP contribution in [0.5, 0.6) is 0 Å². The molecular weight excluding hydrogens is 254 g/mol. The monoisotopic (exact) mass is 271 g/mol. The predicted octanol–water partition coefficient (Wildman–Crippen LogP) is 3.54. The van der Waals surface area contributed by atoms with Gasteiger partial charge < -0.3 is 5.73 Å². The van der Waals surface area contributed by atoms with Gasteiger partial charge >= 0.3 is 0 Å². The van der Waals surface area contributed by atoms with Crippen LogP contribution in [0.2, 0.25) is 0 Å². The Hall–Kier alpha value is -1.55. The molecular formula is C15H17N3S.